The van der Waals surface area contributed by atoms with Crippen LogP contribution in [0.4, 0.5) is 0 Å². The summed E-state index contributed by atoms with van der Waals surface area (Å²) in [5.74, 6) is -0.677. The van der Waals surface area contributed by atoms with E-state index in [9.17, 15) is 13.2 Å². The molecular formula is C11H21N3O4S. The largest absolute Gasteiger partial charge is 0.466 e. The second kappa shape index (κ2) is 5.74. The molecule has 8 heteroatoms. The predicted octanol–water partition coefficient (Wildman–Crippen LogP) is -0.804. The van der Waals surface area contributed by atoms with Crippen molar-refractivity contribution in [1.29, 1.82) is 0 Å². The molecule has 2 rings (SSSR count). The first-order chi connectivity index (χ1) is 8.94. The molecule has 7 nitrogen and oxygen atoms in total. The van der Waals surface area contributed by atoms with Crippen molar-refractivity contribution in [2.45, 2.75) is 38.3 Å². The molecule has 0 spiro atoms. The summed E-state index contributed by atoms with van der Waals surface area (Å²) in [5, 5.41) is 0. The number of carbonyl (C=O) groups excluding carboxylic acids is 1. The minimum Gasteiger partial charge on any atom is -0.466 e. The van der Waals surface area contributed by atoms with E-state index in [1.165, 1.54) is 4.31 Å². The number of rotatable bonds is 5. The van der Waals surface area contributed by atoms with Gasteiger partial charge in [-0.3, -0.25) is 4.79 Å². The number of nitrogens with one attached hydrogen (secondary N) is 1. The van der Waals surface area contributed by atoms with Crippen LogP contribution in [-0.2, 0) is 19.7 Å². The normalized spacial score (nSPS) is 32.0. The SMILES string of the molecule is CCOC(=O)C1CCCN(S(=O)(=O)NC2CC2N)C1. The maximum Gasteiger partial charge on any atom is 0.310 e. The Morgan fingerprint density at radius 3 is 2.79 bits per heavy atom. The standard InChI is InChI=1S/C11H21N3O4S/c1-2-18-11(15)8-4-3-5-14(7-8)19(16,17)13-10-6-9(10)12/h8-10,13H,2-7,12H2,1H3. The minimum absolute atomic E-state index is 0.0829. The average Bonchev–Trinajstić information content (AvgIpc) is 3.04. The Balaban J connectivity index is 1.94. The first-order valence-corrected chi connectivity index (χ1v) is 8.07. The average molecular weight is 291 g/mol. The van der Waals surface area contributed by atoms with Gasteiger partial charge in [0.25, 0.3) is 10.2 Å². The van der Waals surface area contributed by atoms with E-state index in [-0.39, 0.29) is 30.5 Å². The summed E-state index contributed by atoms with van der Waals surface area (Å²) >= 11 is 0. The van der Waals surface area contributed by atoms with Crippen LogP contribution in [0.2, 0.25) is 0 Å². The van der Waals surface area contributed by atoms with Crippen LogP contribution in [0.5, 0.6) is 0 Å². The van der Waals surface area contributed by atoms with Gasteiger partial charge in [0, 0.05) is 25.2 Å². The molecule has 19 heavy (non-hydrogen) atoms. The number of hydrogen-bond acceptors (Lipinski definition) is 5. The summed E-state index contributed by atoms with van der Waals surface area (Å²) in [6.45, 7) is 2.69. The van der Waals surface area contributed by atoms with Gasteiger partial charge in [0.1, 0.15) is 0 Å². The van der Waals surface area contributed by atoms with Crippen LogP contribution < -0.4 is 10.5 Å². The molecule has 0 aromatic rings. The maximum atomic E-state index is 12.1. The lowest BCUT2D eigenvalue weighted by Gasteiger charge is -2.30. The fraction of sp³-hybridized carbons (Fsp3) is 0.909. The first kappa shape index (κ1) is 14.7. The van der Waals surface area contributed by atoms with Gasteiger partial charge in [0.05, 0.1) is 12.5 Å². The molecule has 0 amide bonds. The zero-order valence-corrected chi connectivity index (χ0v) is 11.9. The van der Waals surface area contributed by atoms with Crippen molar-refractivity contribution in [3.63, 3.8) is 0 Å². The van der Waals surface area contributed by atoms with Crippen LogP contribution in [-0.4, -0.2) is 50.5 Å². The van der Waals surface area contributed by atoms with Crippen LogP contribution in [0.15, 0.2) is 0 Å². The molecule has 2 fully saturated rings. The topological polar surface area (TPSA) is 102 Å². The number of hydrogen-bond donors (Lipinski definition) is 2. The zero-order valence-electron chi connectivity index (χ0n) is 11.0. The molecule has 1 aliphatic heterocycles. The highest BCUT2D eigenvalue weighted by Gasteiger charge is 2.40. The number of carbonyl (C=O) groups is 1. The highest BCUT2D eigenvalue weighted by atomic mass is 32.2. The Hall–Kier alpha value is -0.700. The van der Waals surface area contributed by atoms with E-state index in [1.807, 2.05) is 0 Å². The number of nitrogens with zero attached hydrogens (tertiary/aromatic N) is 1. The Bertz CT molecular complexity index is 439. The molecule has 110 valence electrons. The quantitative estimate of drug-likeness (QED) is 0.645. The second-order valence-electron chi connectivity index (χ2n) is 5.08. The van der Waals surface area contributed by atoms with Crippen LogP contribution >= 0.6 is 0 Å². The van der Waals surface area contributed by atoms with Crippen molar-refractivity contribution in [3.8, 4) is 0 Å². The summed E-state index contributed by atoms with van der Waals surface area (Å²) in [6, 6.07) is -0.242. The highest BCUT2D eigenvalue weighted by molar-refractivity contribution is 7.87. The molecule has 2 aliphatic rings. The van der Waals surface area contributed by atoms with Gasteiger partial charge in [-0.1, -0.05) is 0 Å². The van der Waals surface area contributed by atoms with E-state index < -0.39 is 10.2 Å². The number of piperidine rings is 1. The Morgan fingerprint density at radius 2 is 2.21 bits per heavy atom. The van der Waals surface area contributed by atoms with Gasteiger partial charge in [-0.05, 0) is 26.2 Å². The van der Waals surface area contributed by atoms with Crippen LogP contribution in [0.3, 0.4) is 0 Å². The van der Waals surface area contributed by atoms with E-state index in [0.717, 1.165) is 0 Å². The van der Waals surface area contributed by atoms with Crippen molar-refractivity contribution in [1.82, 2.24) is 9.03 Å². The van der Waals surface area contributed by atoms with Crippen molar-refractivity contribution in [2.24, 2.45) is 11.7 Å². The molecule has 1 heterocycles. The lowest BCUT2D eigenvalue weighted by molar-refractivity contribution is -0.149. The van der Waals surface area contributed by atoms with Gasteiger partial charge >= 0.3 is 5.97 Å². The summed E-state index contributed by atoms with van der Waals surface area (Å²) in [5.41, 5.74) is 5.60. The predicted molar refractivity (Wildman–Crippen MR) is 69.4 cm³/mol. The molecule has 3 atom stereocenters. The van der Waals surface area contributed by atoms with Crippen LogP contribution in [0, 0.1) is 5.92 Å². The van der Waals surface area contributed by atoms with Gasteiger partial charge in [0.2, 0.25) is 0 Å². The van der Waals surface area contributed by atoms with E-state index in [4.69, 9.17) is 10.5 Å². The molecule has 1 aliphatic carbocycles. The fourth-order valence-corrected chi connectivity index (χ4v) is 3.78. The minimum atomic E-state index is -3.54. The zero-order chi connectivity index (χ0) is 14.0. The van der Waals surface area contributed by atoms with Gasteiger partial charge < -0.3 is 10.5 Å². The monoisotopic (exact) mass is 291 g/mol. The molecular weight excluding hydrogens is 270 g/mol. The van der Waals surface area contributed by atoms with Crippen LogP contribution in [0.1, 0.15) is 26.2 Å². The summed E-state index contributed by atoms with van der Waals surface area (Å²) in [6.07, 6.45) is 2.02. The van der Waals surface area contributed by atoms with Crippen molar-refractivity contribution < 1.29 is 17.9 Å². The lowest BCUT2D eigenvalue weighted by atomic mass is 10.0. The van der Waals surface area contributed by atoms with Crippen molar-refractivity contribution in [2.75, 3.05) is 19.7 Å². The van der Waals surface area contributed by atoms with Gasteiger partial charge in [-0.25, -0.2) is 0 Å². The third kappa shape index (κ3) is 3.65. The van der Waals surface area contributed by atoms with E-state index in [2.05, 4.69) is 4.72 Å². The molecule has 0 aromatic heterocycles. The van der Waals surface area contributed by atoms with Gasteiger partial charge in [-0.15, -0.1) is 0 Å². The van der Waals surface area contributed by atoms with E-state index in [1.54, 1.807) is 6.92 Å². The Kier molecular flexibility index (Phi) is 4.44. The lowest BCUT2D eigenvalue weighted by Crippen LogP contribution is -2.48. The van der Waals surface area contributed by atoms with Crippen molar-refractivity contribution >= 4 is 16.2 Å². The van der Waals surface area contributed by atoms with E-state index >= 15 is 0 Å². The first-order valence-electron chi connectivity index (χ1n) is 6.63. The number of ether oxygens (including phenoxy) is 1. The Labute approximate surface area is 113 Å². The molecule has 1 saturated heterocycles. The maximum absolute atomic E-state index is 12.1. The van der Waals surface area contributed by atoms with Crippen LogP contribution in [0.25, 0.3) is 0 Å². The summed E-state index contributed by atoms with van der Waals surface area (Å²) in [7, 11) is -3.54. The highest BCUT2D eigenvalue weighted by Crippen LogP contribution is 2.23. The number of nitrogens with two attached hydrogens (primary N) is 1. The molecule has 0 bridgehead atoms. The summed E-state index contributed by atoms with van der Waals surface area (Å²) in [4.78, 5) is 11.7. The third-order valence-electron chi connectivity index (χ3n) is 3.48. The van der Waals surface area contributed by atoms with Crippen molar-refractivity contribution in [3.05, 3.63) is 0 Å². The molecule has 0 radical (unpaired) electrons. The molecule has 1 saturated carbocycles. The van der Waals surface area contributed by atoms with Gasteiger partial charge in [-0.2, -0.15) is 17.4 Å². The summed E-state index contributed by atoms with van der Waals surface area (Å²) < 4.78 is 33.1. The number of esters is 1. The fourth-order valence-electron chi connectivity index (χ4n) is 2.23. The Morgan fingerprint density at radius 1 is 1.53 bits per heavy atom. The molecule has 3 unspecified atom stereocenters. The van der Waals surface area contributed by atoms with Gasteiger partial charge in [0.15, 0.2) is 0 Å². The van der Waals surface area contributed by atoms with E-state index in [0.29, 0.717) is 32.4 Å². The third-order valence-corrected chi connectivity index (χ3v) is 5.10. The second-order valence-corrected chi connectivity index (χ2v) is 6.78. The smallest absolute Gasteiger partial charge is 0.310 e. The molecule has 0 aromatic carbocycles. The molecule has 3 N–H and O–H groups in total.